The minimum Gasteiger partial charge on any atom is -0.388 e. The molecule has 2 heterocycles. The van der Waals surface area contributed by atoms with Gasteiger partial charge in [0.25, 0.3) is 0 Å². The monoisotopic (exact) mass is 316 g/mol. The molecule has 10 heteroatoms. The molecule has 0 saturated carbocycles. The molecule has 0 aromatic carbocycles. The largest absolute Gasteiger partial charge is 0.417 e. The number of alkyl halides is 3. The third-order valence-corrected chi connectivity index (χ3v) is 4.40. The van der Waals surface area contributed by atoms with Crippen LogP contribution in [-0.4, -0.2) is 71.6 Å². The third-order valence-electron chi connectivity index (χ3n) is 3.23. The predicted molar refractivity (Wildman–Crippen MR) is 65.4 cm³/mol. The number of fused-ring (bicyclic) bond motifs is 1. The summed E-state index contributed by atoms with van der Waals surface area (Å²) in [6.45, 7) is 0. The van der Waals surface area contributed by atoms with E-state index in [1.165, 1.54) is 7.05 Å². The zero-order valence-electron chi connectivity index (χ0n) is 10.7. The van der Waals surface area contributed by atoms with Crippen molar-refractivity contribution in [1.82, 2.24) is 5.32 Å². The number of methoxy groups -OCH3 is 1. The van der Waals surface area contributed by atoms with Crippen LogP contribution in [0.5, 0.6) is 0 Å². The Morgan fingerprint density at radius 1 is 1.40 bits per heavy atom. The summed E-state index contributed by atoms with van der Waals surface area (Å²) in [6, 6.07) is -0.712. The van der Waals surface area contributed by atoms with E-state index in [1.807, 2.05) is 0 Å². The van der Waals surface area contributed by atoms with Crippen LogP contribution in [0, 0.1) is 0 Å². The van der Waals surface area contributed by atoms with Gasteiger partial charge < -0.3 is 25.0 Å². The highest BCUT2D eigenvalue weighted by Crippen LogP contribution is 2.38. The first-order valence-electron chi connectivity index (χ1n) is 5.80. The Morgan fingerprint density at radius 3 is 2.55 bits per heavy atom. The molecule has 20 heavy (non-hydrogen) atoms. The molecule has 0 spiro atoms. The molecule has 2 saturated heterocycles. The van der Waals surface area contributed by atoms with Crippen LogP contribution < -0.4 is 5.32 Å². The quantitative estimate of drug-likeness (QED) is 0.649. The Kier molecular flexibility index (Phi) is 4.50. The Balaban J connectivity index is 2.21. The van der Waals surface area contributed by atoms with Gasteiger partial charge in [-0.05, 0) is 0 Å². The highest BCUT2D eigenvalue weighted by atomic mass is 32.2. The topological polar surface area (TPSA) is 83.3 Å². The molecule has 0 bridgehead atoms. The summed E-state index contributed by atoms with van der Waals surface area (Å²) in [7, 11) is 2.38. The molecule has 6 atom stereocenters. The molecule has 0 aliphatic carbocycles. The van der Waals surface area contributed by atoms with E-state index in [1.54, 1.807) is 0 Å². The fourth-order valence-electron chi connectivity index (χ4n) is 2.25. The van der Waals surface area contributed by atoms with Crippen molar-refractivity contribution in [1.29, 1.82) is 0 Å². The smallest absolute Gasteiger partial charge is 0.388 e. The summed E-state index contributed by atoms with van der Waals surface area (Å²) < 4.78 is 48.2. The average Bonchev–Trinajstić information content (AvgIpc) is 2.77. The Hall–Kier alpha value is -0.550. The minimum absolute atomic E-state index is 0.438. The number of aliphatic hydroxyl groups excluding tert-OH is 2. The van der Waals surface area contributed by atoms with E-state index in [2.05, 4.69) is 15.0 Å². The standard InChI is InChI=1S/C10H15F3N2O4S/c1-14-9-15-3-4(16)5(17)6(19-8(3)20-9)7(18-2)10(11,12)13/h3-8,16-17H,1-2H3,(H,14,15)/t3-,4-,5+,6?,7-,8-/m1/s1. The predicted octanol–water partition coefficient (Wildman–Crippen LogP) is -0.299. The molecule has 2 aliphatic rings. The molecule has 0 aromatic heterocycles. The Bertz CT molecular complexity index is 395. The average molecular weight is 316 g/mol. The summed E-state index contributed by atoms with van der Waals surface area (Å²) in [5, 5.41) is 23.1. The maximum atomic E-state index is 12.8. The van der Waals surface area contributed by atoms with Gasteiger partial charge in [-0.25, -0.2) is 0 Å². The van der Waals surface area contributed by atoms with Crippen molar-refractivity contribution in [2.24, 2.45) is 4.99 Å². The molecule has 2 aliphatic heterocycles. The van der Waals surface area contributed by atoms with Crippen LogP contribution in [0.15, 0.2) is 4.99 Å². The summed E-state index contributed by atoms with van der Waals surface area (Å²) >= 11 is 1.07. The molecular formula is C10H15F3N2O4S. The summed E-state index contributed by atoms with van der Waals surface area (Å²) in [5.41, 5.74) is -0.767. The van der Waals surface area contributed by atoms with E-state index < -0.39 is 42.1 Å². The summed E-state index contributed by atoms with van der Waals surface area (Å²) in [5.74, 6) is 0. The highest BCUT2D eigenvalue weighted by molar-refractivity contribution is 8.14. The summed E-state index contributed by atoms with van der Waals surface area (Å²) in [6.07, 6.45) is -11.8. The lowest BCUT2D eigenvalue weighted by molar-refractivity contribution is -0.279. The van der Waals surface area contributed by atoms with Crippen LogP contribution in [-0.2, 0) is 9.47 Å². The van der Waals surface area contributed by atoms with Crippen molar-refractivity contribution in [3.8, 4) is 0 Å². The van der Waals surface area contributed by atoms with Crippen molar-refractivity contribution in [2.75, 3.05) is 14.2 Å². The van der Waals surface area contributed by atoms with Crippen LogP contribution in [0.3, 0.4) is 0 Å². The second kappa shape index (κ2) is 5.68. The van der Waals surface area contributed by atoms with Gasteiger partial charge in [-0.2, -0.15) is 13.2 Å². The lowest BCUT2D eigenvalue weighted by Crippen LogP contribution is -2.63. The normalized spacial score (nSPS) is 41.4. The van der Waals surface area contributed by atoms with Crippen LogP contribution >= 0.6 is 11.8 Å². The molecule has 0 amide bonds. The van der Waals surface area contributed by atoms with Gasteiger partial charge in [0.15, 0.2) is 11.3 Å². The molecular weight excluding hydrogens is 301 g/mol. The van der Waals surface area contributed by atoms with Crippen molar-refractivity contribution >= 4 is 16.9 Å². The van der Waals surface area contributed by atoms with Crippen molar-refractivity contribution in [3.63, 3.8) is 0 Å². The van der Waals surface area contributed by atoms with Crippen LogP contribution in [0.25, 0.3) is 0 Å². The van der Waals surface area contributed by atoms with Crippen molar-refractivity contribution in [2.45, 2.75) is 42.1 Å². The maximum absolute atomic E-state index is 12.8. The van der Waals surface area contributed by atoms with Gasteiger partial charge in [-0.3, -0.25) is 4.99 Å². The zero-order chi connectivity index (χ0) is 15.1. The third kappa shape index (κ3) is 2.75. The molecule has 6 nitrogen and oxygen atoms in total. The number of rotatable bonds is 2. The highest BCUT2D eigenvalue weighted by Gasteiger charge is 2.57. The summed E-state index contributed by atoms with van der Waals surface area (Å²) in [4.78, 5) is 3.85. The fourth-order valence-corrected chi connectivity index (χ4v) is 3.34. The van der Waals surface area contributed by atoms with Crippen molar-refractivity contribution in [3.05, 3.63) is 0 Å². The number of amidine groups is 1. The van der Waals surface area contributed by atoms with Crippen LogP contribution in [0.2, 0.25) is 0 Å². The number of aliphatic imine (C=N–C) groups is 1. The molecule has 1 unspecified atom stereocenters. The van der Waals surface area contributed by atoms with E-state index >= 15 is 0 Å². The van der Waals surface area contributed by atoms with Gasteiger partial charge in [0.1, 0.15) is 23.7 Å². The number of thioether (sulfide) groups is 1. The SMILES string of the molecule is CN=C1N[C@@H]2[C@@H](O)[C@H](O)C([C@@H](OC)C(F)(F)F)O[C@@H]2S1. The number of halogens is 3. The Labute approximate surface area is 117 Å². The number of ether oxygens (including phenoxy) is 2. The van der Waals surface area contributed by atoms with E-state index in [9.17, 15) is 23.4 Å². The minimum atomic E-state index is -4.70. The van der Waals surface area contributed by atoms with E-state index in [0.717, 1.165) is 18.9 Å². The molecule has 2 fully saturated rings. The van der Waals surface area contributed by atoms with Crippen LogP contribution in [0.4, 0.5) is 13.2 Å². The molecule has 0 radical (unpaired) electrons. The van der Waals surface area contributed by atoms with Gasteiger partial charge in [0.2, 0.25) is 0 Å². The molecule has 0 aromatic rings. The second-order valence-corrected chi connectivity index (χ2v) is 5.55. The Morgan fingerprint density at radius 2 is 2.05 bits per heavy atom. The first kappa shape index (κ1) is 15.8. The van der Waals surface area contributed by atoms with E-state index in [0.29, 0.717) is 5.17 Å². The van der Waals surface area contributed by atoms with Gasteiger partial charge >= 0.3 is 6.18 Å². The number of nitrogens with zero attached hydrogens (tertiary/aromatic N) is 1. The second-order valence-electron chi connectivity index (χ2n) is 4.46. The number of hydrogen-bond acceptors (Lipinski definition) is 6. The van der Waals surface area contributed by atoms with E-state index in [4.69, 9.17) is 4.74 Å². The first-order chi connectivity index (χ1) is 9.29. The van der Waals surface area contributed by atoms with Crippen LogP contribution in [0.1, 0.15) is 0 Å². The lowest BCUT2D eigenvalue weighted by Gasteiger charge is -2.41. The van der Waals surface area contributed by atoms with Gasteiger partial charge in [0.05, 0.1) is 6.04 Å². The molecule has 2 rings (SSSR count). The lowest BCUT2D eigenvalue weighted by atomic mass is 9.94. The number of hydrogen-bond donors (Lipinski definition) is 3. The maximum Gasteiger partial charge on any atom is 0.417 e. The number of nitrogens with one attached hydrogen (secondary N) is 1. The van der Waals surface area contributed by atoms with Gasteiger partial charge in [-0.15, -0.1) is 0 Å². The van der Waals surface area contributed by atoms with Gasteiger partial charge in [0, 0.05) is 14.2 Å². The van der Waals surface area contributed by atoms with E-state index in [-0.39, 0.29) is 0 Å². The molecule has 3 N–H and O–H groups in total. The first-order valence-corrected chi connectivity index (χ1v) is 6.68. The van der Waals surface area contributed by atoms with Crippen molar-refractivity contribution < 1.29 is 32.9 Å². The van der Waals surface area contributed by atoms with Gasteiger partial charge in [-0.1, -0.05) is 11.8 Å². The molecule has 116 valence electrons. The fraction of sp³-hybridized carbons (Fsp3) is 0.900. The number of aliphatic hydroxyl groups is 2. The zero-order valence-corrected chi connectivity index (χ0v) is 11.5.